The van der Waals surface area contributed by atoms with E-state index in [1.165, 1.54) is 4.90 Å². The topological polar surface area (TPSA) is 84.3 Å². The average molecular weight is 473 g/mol. The Hall–Kier alpha value is -3.24. The highest BCUT2D eigenvalue weighted by Gasteiger charge is 2.30. The van der Waals surface area contributed by atoms with Crippen LogP contribution >= 0.6 is 11.6 Å². The molecule has 0 bridgehead atoms. The zero-order chi connectivity index (χ0) is 22.9. The lowest BCUT2D eigenvalue weighted by Gasteiger charge is -2.28. The van der Waals surface area contributed by atoms with Gasteiger partial charge in [-0.25, -0.2) is 23.7 Å². The highest BCUT2D eigenvalue weighted by Crippen LogP contribution is 2.31. The highest BCUT2D eigenvalue weighted by atomic mass is 35.5. The van der Waals surface area contributed by atoms with Crippen molar-refractivity contribution in [2.75, 3.05) is 42.6 Å². The normalized spacial score (nSPS) is 16.0. The number of aromatic nitrogens is 4. The van der Waals surface area contributed by atoms with Gasteiger partial charge >= 0.3 is 0 Å². The van der Waals surface area contributed by atoms with Crippen LogP contribution in [-0.2, 0) is 11.2 Å². The van der Waals surface area contributed by atoms with Crippen molar-refractivity contribution >= 4 is 29.3 Å². The molecule has 1 aromatic carbocycles. The summed E-state index contributed by atoms with van der Waals surface area (Å²) in [5.41, 5.74) is 1.16. The molecule has 8 nitrogen and oxygen atoms in total. The summed E-state index contributed by atoms with van der Waals surface area (Å²) in [6, 6.07) is 1.77. The van der Waals surface area contributed by atoms with Gasteiger partial charge in [0.1, 0.15) is 11.6 Å². The summed E-state index contributed by atoms with van der Waals surface area (Å²) >= 11 is 5.92. The van der Waals surface area contributed by atoms with Gasteiger partial charge in [-0.1, -0.05) is 11.6 Å². The molecule has 0 spiro atoms. The lowest BCUT2D eigenvalue weighted by molar-refractivity contribution is 0.0980. The van der Waals surface area contributed by atoms with E-state index < -0.39 is 28.1 Å². The first-order chi connectivity index (χ1) is 16.0. The smallest absolute Gasteiger partial charge is 0.264 e. The van der Waals surface area contributed by atoms with E-state index in [-0.39, 0.29) is 6.54 Å². The molecular formula is C22H19ClF2N6O2. The van der Waals surface area contributed by atoms with Crippen LogP contribution in [0.4, 0.5) is 20.5 Å². The number of rotatable bonds is 3. The first-order valence-electron chi connectivity index (χ1n) is 10.5. The van der Waals surface area contributed by atoms with Crippen LogP contribution in [0.25, 0.3) is 11.3 Å². The van der Waals surface area contributed by atoms with Crippen LogP contribution in [0.2, 0.25) is 5.02 Å². The average Bonchev–Trinajstić information content (AvgIpc) is 2.86. The molecule has 2 aliphatic heterocycles. The van der Waals surface area contributed by atoms with E-state index in [0.717, 1.165) is 12.1 Å². The Kier molecular flexibility index (Phi) is 5.86. The number of nitrogens with zero attached hydrogens (tertiary/aromatic N) is 6. The molecule has 1 saturated heterocycles. The molecule has 5 rings (SSSR count). The van der Waals surface area contributed by atoms with Gasteiger partial charge in [0.15, 0.2) is 5.82 Å². The van der Waals surface area contributed by atoms with Gasteiger partial charge in [0.25, 0.3) is 5.91 Å². The van der Waals surface area contributed by atoms with Crippen LogP contribution in [0.1, 0.15) is 22.5 Å². The summed E-state index contributed by atoms with van der Waals surface area (Å²) in [6.07, 6.45) is 6.10. The minimum absolute atomic E-state index is 0.280. The van der Waals surface area contributed by atoms with Crippen LogP contribution in [0.3, 0.4) is 0 Å². The summed E-state index contributed by atoms with van der Waals surface area (Å²) in [6.45, 7) is 2.97. The predicted molar refractivity (Wildman–Crippen MR) is 117 cm³/mol. The van der Waals surface area contributed by atoms with Crippen LogP contribution in [0.15, 0.2) is 30.7 Å². The van der Waals surface area contributed by atoms with Crippen molar-refractivity contribution in [2.24, 2.45) is 0 Å². The van der Waals surface area contributed by atoms with E-state index in [2.05, 4.69) is 19.9 Å². The molecule has 0 radical (unpaired) electrons. The van der Waals surface area contributed by atoms with E-state index in [0.29, 0.717) is 67.9 Å². The maximum atomic E-state index is 14.4. The minimum atomic E-state index is -0.894. The van der Waals surface area contributed by atoms with Crippen molar-refractivity contribution in [3.05, 3.63) is 58.6 Å². The summed E-state index contributed by atoms with van der Waals surface area (Å²) < 4.78 is 33.6. The van der Waals surface area contributed by atoms with E-state index in [4.69, 9.17) is 16.3 Å². The molecule has 2 aliphatic rings. The van der Waals surface area contributed by atoms with E-state index >= 15 is 0 Å². The second kappa shape index (κ2) is 8.95. The number of carbonyl (C=O) groups is 1. The Morgan fingerprint density at radius 2 is 1.73 bits per heavy atom. The number of hydrogen-bond acceptors (Lipinski definition) is 7. The van der Waals surface area contributed by atoms with Gasteiger partial charge < -0.3 is 9.64 Å². The Morgan fingerprint density at radius 1 is 1.00 bits per heavy atom. The third-order valence-electron chi connectivity index (χ3n) is 5.61. The molecule has 1 amide bonds. The van der Waals surface area contributed by atoms with Crippen LogP contribution in [0.5, 0.6) is 0 Å². The maximum absolute atomic E-state index is 14.4. The van der Waals surface area contributed by atoms with Crippen LogP contribution in [0, 0.1) is 11.6 Å². The number of carbonyl (C=O) groups excluding carboxylic acids is 1. The highest BCUT2D eigenvalue weighted by molar-refractivity contribution is 6.34. The zero-order valence-electron chi connectivity index (χ0n) is 17.5. The fourth-order valence-corrected chi connectivity index (χ4v) is 4.12. The summed E-state index contributed by atoms with van der Waals surface area (Å²) in [7, 11) is 0. The quantitative estimate of drug-likeness (QED) is 0.541. The lowest BCUT2D eigenvalue weighted by Crippen LogP contribution is -2.37. The van der Waals surface area contributed by atoms with E-state index in [1.807, 2.05) is 4.90 Å². The molecule has 11 heteroatoms. The number of fused-ring (bicyclic) bond motifs is 1. The number of anilines is 2. The van der Waals surface area contributed by atoms with Gasteiger partial charge in [-0.3, -0.25) is 14.7 Å². The lowest BCUT2D eigenvalue weighted by atomic mass is 10.1. The first-order valence-corrected chi connectivity index (χ1v) is 10.9. The molecule has 0 saturated carbocycles. The molecule has 170 valence electrons. The molecular weight excluding hydrogens is 454 g/mol. The predicted octanol–water partition coefficient (Wildman–Crippen LogP) is 3.29. The molecule has 0 aliphatic carbocycles. The van der Waals surface area contributed by atoms with Gasteiger partial charge in [0.2, 0.25) is 5.95 Å². The van der Waals surface area contributed by atoms with Crippen molar-refractivity contribution in [3.63, 3.8) is 0 Å². The fourth-order valence-electron chi connectivity index (χ4n) is 3.88. The molecule has 33 heavy (non-hydrogen) atoms. The number of aryl methyl sites for hydroxylation is 1. The Labute approximate surface area is 193 Å². The second-order valence-electron chi connectivity index (χ2n) is 7.68. The second-order valence-corrected chi connectivity index (χ2v) is 8.05. The number of morpholine rings is 1. The van der Waals surface area contributed by atoms with Crippen LogP contribution in [-0.4, -0.2) is 58.7 Å². The molecule has 0 unspecified atom stereocenters. The van der Waals surface area contributed by atoms with Crippen molar-refractivity contribution in [1.82, 2.24) is 19.9 Å². The number of ether oxygens (including phenoxy) is 1. The molecule has 2 aromatic heterocycles. The fraction of sp³-hybridized carbons (Fsp3) is 0.318. The molecule has 4 heterocycles. The van der Waals surface area contributed by atoms with Crippen molar-refractivity contribution in [2.45, 2.75) is 12.8 Å². The van der Waals surface area contributed by atoms with Gasteiger partial charge in [0, 0.05) is 37.6 Å². The van der Waals surface area contributed by atoms with E-state index in [9.17, 15) is 13.6 Å². The molecule has 1 fully saturated rings. The van der Waals surface area contributed by atoms with Gasteiger partial charge in [-0.05, 0) is 25.0 Å². The third kappa shape index (κ3) is 4.11. The number of benzene rings is 1. The van der Waals surface area contributed by atoms with E-state index in [1.54, 1.807) is 18.6 Å². The van der Waals surface area contributed by atoms with Crippen molar-refractivity contribution < 1.29 is 18.3 Å². The SMILES string of the molecule is O=C(c1c(F)ccc(F)c1Cl)N1CCCc2ncc(-c3cnc(N4CCOCC4)nc3)nc21. The standard InChI is InChI=1S/C22H19ClF2N6O2/c23-19-15(25)4-3-14(24)18(19)21(32)31-5-1-2-16-20(31)29-17(12-26-16)13-10-27-22(28-11-13)30-6-8-33-9-7-30/h3-4,10-12H,1-2,5-9H2. The van der Waals surface area contributed by atoms with Crippen molar-refractivity contribution in [1.29, 1.82) is 0 Å². The zero-order valence-corrected chi connectivity index (χ0v) is 18.2. The van der Waals surface area contributed by atoms with Gasteiger partial charge in [-0.15, -0.1) is 0 Å². The summed E-state index contributed by atoms with van der Waals surface area (Å²) in [5.74, 6) is -1.63. The number of amides is 1. The maximum Gasteiger partial charge on any atom is 0.264 e. The molecule has 0 atom stereocenters. The summed E-state index contributed by atoms with van der Waals surface area (Å²) in [5, 5.41) is -0.552. The van der Waals surface area contributed by atoms with Gasteiger partial charge in [0.05, 0.1) is 41.4 Å². The molecule has 0 N–H and O–H groups in total. The van der Waals surface area contributed by atoms with Crippen LogP contribution < -0.4 is 9.80 Å². The monoisotopic (exact) mass is 472 g/mol. The Bertz CT molecular complexity index is 1200. The minimum Gasteiger partial charge on any atom is -0.378 e. The Morgan fingerprint density at radius 3 is 2.48 bits per heavy atom. The first kappa shape index (κ1) is 21.6. The molecule has 3 aromatic rings. The number of hydrogen-bond donors (Lipinski definition) is 0. The van der Waals surface area contributed by atoms with Gasteiger partial charge in [-0.2, -0.15) is 0 Å². The summed E-state index contributed by atoms with van der Waals surface area (Å²) in [4.78, 5) is 34.4. The third-order valence-corrected chi connectivity index (χ3v) is 5.98. The number of halogens is 3. The largest absolute Gasteiger partial charge is 0.378 e. The van der Waals surface area contributed by atoms with Crippen molar-refractivity contribution in [3.8, 4) is 11.3 Å². The Balaban J connectivity index is 1.47.